The molecule has 1 aromatic carbocycles. The number of nitrogens with zero attached hydrogens (tertiary/aromatic N) is 1. The zero-order valence-corrected chi connectivity index (χ0v) is 12.2. The number of fused-ring (bicyclic) bond motifs is 1. The molecule has 2 N–H and O–H groups in total. The van der Waals surface area contributed by atoms with Gasteiger partial charge in [-0.3, -0.25) is 4.79 Å². The van der Waals surface area contributed by atoms with Crippen LogP contribution in [0.2, 0.25) is 0 Å². The summed E-state index contributed by atoms with van der Waals surface area (Å²) in [5, 5.41) is 12.0. The number of amides is 1. The second kappa shape index (κ2) is 5.58. The first-order valence-corrected chi connectivity index (χ1v) is 7.29. The summed E-state index contributed by atoms with van der Waals surface area (Å²) in [6.07, 6.45) is 0.681. The van der Waals surface area contributed by atoms with Crippen LogP contribution in [-0.4, -0.2) is 27.5 Å². The van der Waals surface area contributed by atoms with E-state index in [0.717, 1.165) is 10.2 Å². The molecule has 0 aliphatic carbocycles. The highest BCUT2D eigenvalue weighted by Crippen LogP contribution is 2.21. The molecule has 5 nitrogen and oxygen atoms in total. The molecule has 0 unspecified atom stereocenters. The van der Waals surface area contributed by atoms with Crippen LogP contribution in [-0.2, 0) is 4.79 Å². The van der Waals surface area contributed by atoms with Crippen LogP contribution < -0.4 is 5.32 Å². The molecule has 0 fully saturated rings. The molecule has 0 spiro atoms. The van der Waals surface area contributed by atoms with Gasteiger partial charge in [0, 0.05) is 5.56 Å². The zero-order valence-electron chi connectivity index (χ0n) is 11.3. The summed E-state index contributed by atoms with van der Waals surface area (Å²) in [6, 6.07) is 5.16. The molecule has 1 heterocycles. The molecule has 0 aliphatic heterocycles. The quantitative estimate of drug-likeness (QED) is 0.888. The van der Waals surface area contributed by atoms with E-state index in [2.05, 4.69) is 10.3 Å². The molecule has 106 valence electrons. The highest BCUT2D eigenvalue weighted by molar-refractivity contribution is 7.16. The second-order valence-corrected chi connectivity index (χ2v) is 5.47. The second-order valence-electron chi connectivity index (χ2n) is 4.58. The average Bonchev–Trinajstić information content (AvgIpc) is 2.91. The lowest BCUT2D eigenvalue weighted by molar-refractivity contribution is -0.144. The predicted molar refractivity (Wildman–Crippen MR) is 78.0 cm³/mol. The topological polar surface area (TPSA) is 79.3 Å². The first-order valence-electron chi connectivity index (χ1n) is 6.41. The zero-order chi connectivity index (χ0) is 14.8. The summed E-state index contributed by atoms with van der Waals surface area (Å²) in [5.74, 6) is -1.37. The fourth-order valence-corrected chi connectivity index (χ4v) is 2.78. The Hall–Kier alpha value is -1.95. The van der Waals surface area contributed by atoms with Gasteiger partial charge in [-0.25, -0.2) is 9.78 Å². The smallest absolute Gasteiger partial charge is 0.329 e. The standard InChI is InChI=1S/C14H16N2O3S/c1-3-14(4-2,13(18)19)16-12(17)9-5-6-10-11(7-9)20-8-15-10/h5-8H,3-4H2,1-2H3,(H,16,17)(H,18,19). The van der Waals surface area contributed by atoms with Gasteiger partial charge in [-0.2, -0.15) is 0 Å². The number of benzene rings is 1. The minimum atomic E-state index is -1.21. The van der Waals surface area contributed by atoms with Crippen LogP contribution in [0.4, 0.5) is 0 Å². The number of carboxylic acids is 1. The number of hydrogen-bond acceptors (Lipinski definition) is 4. The Kier molecular flexibility index (Phi) is 4.04. The molecular formula is C14H16N2O3S. The molecule has 0 bridgehead atoms. The molecule has 2 aromatic rings. The molecule has 20 heavy (non-hydrogen) atoms. The van der Waals surface area contributed by atoms with Gasteiger partial charge in [0.2, 0.25) is 0 Å². The number of carbonyl (C=O) groups is 2. The number of hydrogen-bond donors (Lipinski definition) is 2. The average molecular weight is 292 g/mol. The van der Waals surface area contributed by atoms with Gasteiger partial charge < -0.3 is 10.4 Å². The summed E-state index contributed by atoms with van der Waals surface area (Å²) in [6.45, 7) is 3.51. The largest absolute Gasteiger partial charge is 0.480 e. The molecule has 0 saturated heterocycles. The Morgan fingerprint density at radius 2 is 2.05 bits per heavy atom. The molecule has 6 heteroatoms. The van der Waals surface area contributed by atoms with E-state index in [-0.39, 0.29) is 5.91 Å². The third kappa shape index (κ3) is 2.51. The van der Waals surface area contributed by atoms with Crippen LogP contribution in [0.25, 0.3) is 10.2 Å². The van der Waals surface area contributed by atoms with Gasteiger partial charge in [0.1, 0.15) is 5.54 Å². The molecule has 0 radical (unpaired) electrons. The molecular weight excluding hydrogens is 276 g/mol. The highest BCUT2D eigenvalue weighted by atomic mass is 32.1. The molecule has 0 atom stereocenters. The normalized spacial score (nSPS) is 11.5. The van der Waals surface area contributed by atoms with E-state index in [1.807, 2.05) is 0 Å². The Morgan fingerprint density at radius 1 is 1.35 bits per heavy atom. The van der Waals surface area contributed by atoms with Crippen LogP contribution >= 0.6 is 11.3 Å². The van der Waals surface area contributed by atoms with Gasteiger partial charge in [-0.05, 0) is 31.0 Å². The lowest BCUT2D eigenvalue weighted by Gasteiger charge is -2.28. The Bertz CT molecular complexity index is 647. The first-order chi connectivity index (χ1) is 9.52. The van der Waals surface area contributed by atoms with Crippen molar-refractivity contribution in [1.29, 1.82) is 0 Å². The molecule has 2 rings (SSSR count). The number of carboxylic acid groups (broad SMARTS) is 1. The van der Waals surface area contributed by atoms with Crippen molar-refractivity contribution in [3.05, 3.63) is 29.3 Å². The van der Waals surface area contributed by atoms with Crippen LogP contribution in [0.3, 0.4) is 0 Å². The van der Waals surface area contributed by atoms with E-state index in [9.17, 15) is 14.7 Å². The summed E-state index contributed by atoms with van der Waals surface area (Å²) >= 11 is 1.45. The van der Waals surface area contributed by atoms with Crippen LogP contribution in [0.5, 0.6) is 0 Å². The third-order valence-electron chi connectivity index (χ3n) is 3.56. The van der Waals surface area contributed by atoms with Gasteiger partial charge in [-0.15, -0.1) is 11.3 Å². The van der Waals surface area contributed by atoms with Gasteiger partial charge >= 0.3 is 5.97 Å². The lowest BCUT2D eigenvalue weighted by atomic mass is 9.92. The monoisotopic (exact) mass is 292 g/mol. The van der Waals surface area contributed by atoms with Gasteiger partial charge in [0.15, 0.2) is 0 Å². The van der Waals surface area contributed by atoms with Crippen molar-refractivity contribution in [3.63, 3.8) is 0 Å². The lowest BCUT2D eigenvalue weighted by Crippen LogP contribution is -2.53. The molecule has 1 aromatic heterocycles. The molecule has 0 aliphatic rings. The maximum Gasteiger partial charge on any atom is 0.329 e. The van der Waals surface area contributed by atoms with Gasteiger partial charge in [0.25, 0.3) is 5.91 Å². The van der Waals surface area contributed by atoms with E-state index < -0.39 is 11.5 Å². The van der Waals surface area contributed by atoms with Crippen molar-refractivity contribution in [1.82, 2.24) is 10.3 Å². The Labute approximate surface area is 120 Å². The number of nitrogens with one attached hydrogen (secondary N) is 1. The molecule has 0 saturated carbocycles. The number of aliphatic carboxylic acids is 1. The minimum Gasteiger partial charge on any atom is -0.480 e. The summed E-state index contributed by atoms with van der Waals surface area (Å²) in [4.78, 5) is 27.8. The van der Waals surface area contributed by atoms with Crippen molar-refractivity contribution >= 4 is 33.4 Å². The van der Waals surface area contributed by atoms with E-state index in [4.69, 9.17) is 0 Å². The Balaban J connectivity index is 2.28. The number of thiazole rings is 1. The van der Waals surface area contributed by atoms with Crippen LogP contribution in [0.15, 0.2) is 23.7 Å². The van der Waals surface area contributed by atoms with E-state index in [0.29, 0.717) is 18.4 Å². The van der Waals surface area contributed by atoms with Crippen LogP contribution in [0.1, 0.15) is 37.0 Å². The molecule has 1 amide bonds. The fourth-order valence-electron chi connectivity index (χ4n) is 2.07. The van der Waals surface area contributed by atoms with Crippen molar-refractivity contribution in [2.45, 2.75) is 32.2 Å². The van der Waals surface area contributed by atoms with Gasteiger partial charge in [-0.1, -0.05) is 13.8 Å². The van der Waals surface area contributed by atoms with Crippen molar-refractivity contribution < 1.29 is 14.7 Å². The van der Waals surface area contributed by atoms with Crippen molar-refractivity contribution in [2.75, 3.05) is 0 Å². The van der Waals surface area contributed by atoms with Crippen LogP contribution in [0, 0.1) is 0 Å². The predicted octanol–water partition coefficient (Wildman–Crippen LogP) is 2.67. The number of aromatic nitrogens is 1. The maximum atomic E-state index is 12.3. The summed E-state index contributed by atoms with van der Waals surface area (Å²) in [7, 11) is 0. The maximum absolute atomic E-state index is 12.3. The van der Waals surface area contributed by atoms with E-state index in [1.165, 1.54) is 11.3 Å². The Morgan fingerprint density at radius 3 is 2.65 bits per heavy atom. The van der Waals surface area contributed by atoms with Crippen molar-refractivity contribution in [3.8, 4) is 0 Å². The first kappa shape index (κ1) is 14.5. The van der Waals surface area contributed by atoms with E-state index in [1.54, 1.807) is 37.6 Å². The minimum absolute atomic E-state index is 0.341. The number of rotatable bonds is 5. The summed E-state index contributed by atoms with van der Waals surface area (Å²) < 4.78 is 0.909. The summed E-state index contributed by atoms with van der Waals surface area (Å²) in [5.41, 5.74) is 1.79. The van der Waals surface area contributed by atoms with E-state index >= 15 is 0 Å². The third-order valence-corrected chi connectivity index (χ3v) is 4.35. The highest BCUT2D eigenvalue weighted by Gasteiger charge is 2.36. The SMILES string of the molecule is CCC(CC)(NC(=O)c1ccc2ncsc2c1)C(=O)O. The number of carbonyl (C=O) groups excluding carboxylic acids is 1. The van der Waals surface area contributed by atoms with Gasteiger partial charge in [0.05, 0.1) is 15.7 Å². The van der Waals surface area contributed by atoms with Crippen molar-refractivity contribution in [2.24, 2.45) is 0 Å². The fraction of sp³-hybridized carbons (Fsp3) is 0.357.